The molecule has 0 aromatic heterocycles. The first-order valence-electron chi connectivity index (χ1n) is 11.9. The Morgan fingerprint density at radius 3 is 2.50 bits per heavy atom. The summed E-state index contributed by atoms with van der Waals surface area (Å²) in [4.78, 5) is 42.7. The predicted octanol–water partition coefficient (Wildman–Crippen LogP) is 2.31. The third-order valence-electron chi connectivity index (χ3n) is 8.09. The number of aromatic hydroxyl groups is 2. The maximum atomic E-state index is 13.9. The van der Waals surface area contributed by atoms with Gasteiger partial charge in [-0.05, 0) is 49.9 Å². The number of benzene rings is 2. The quantitative estimate of drug-likeness (QED) is 0.412. The molecule has 34 heavy (non-hydrogen) atoms. The number of hydrogen-bond donors (Lipinski definition) is 4. The van der Waals surface area contributed by atoms with Crippen LogP contribution in [-0.4, -0.2) is 44.9 Å². The van der Waals surface area contributed by atoms with Gasteiger partial charge in [0.15, 0.2) is 11.5 Å². The van der Waals surface area contributed by atoms with E-state index in [2.05, 4.69) is 10.6 Å². The first kappa shape index (κ1) is 21.2. The highest BCUT2D eigenvalue weighted by molar-refractivity contribution is 6.15. The number of carbonyl (C=O) groups is 3. The number of imide groups is 1. The molecular formula is C26H27N3O5. The lowest BCUT2D eigenvalue weighted by atomic mass is 9.76. The number of likely N-dealkylation sites (tertiary alicyclic amines) is 1. The van der Waals surface area contributed by atoms with Crippen LogP contribution in [0.4, 0.5) is 5.69 Å². The average molecular weight is 462 g/mol. The minimum Gasteiger partial charge on any atom is -0.504 e. The van der Waals surface area contributed by atoms with E-state index < -0.39 is 23.4 Å². The molecule has 4 aliphatic rings. The van der Waals surface area contributed by atoms with Gasteiger partial charge in [0.05, 0.1) is 11.8 Å². The second-order valence-corrected chi connectivity index (χ2v) is 10.1. The Bertz CT molecular complexity index is 1240. The van der Waals surface area contributed by atoms with Crippen LogP contribution < -0.4 is 10.6 Å². The van der Waals surface area contributed by atoms with Crippen molar-refractivity contribution in [3.8, 4) is 11.5 Å². The minimum atomic E-state index is -1.32. The lowest BCUT2D eigenvalue weighted by Crippen LogP contribution is -2.54. The smallest absolute Gasteiger partial charge is 0.250 e. The van der Waals surface area contributed by atoms with Crippen LogP contribution in [0.1, 0.15) is 42.4 Å². The van der Waals surface area contributed by atoms with E-state index in [4.69, 9.17) is 0 Å². The third kappa shape index (κ3) is 2.78. The molecule has 4 N–H and O–H groups in total. The maximum Gasteiger partial charge on any atom is 0.250 e. The standard InChI is InChI=1S/C26H27N3O5/c1-13-6-8-17-16(10-13)26(25(34)27-17)22-21(23(32)29(24(22)33)15-4-2-3-5-15)18(28-26)11-14-7-9-19(30)20(31)12-14/h6-10,12,15,18,21-22,28,30-31H,2-5,11H2,1H3,(H,27,34). The van der Waals surface area contributed by atoms with Gasteiger partial charge in [-0.3, -0.25) is 24.6 Å². The summed E-state index contributed by atoms with van der Waals surface area (Å²) >= 11 is 0. The van der Waals surface area contributed by atoms with E-state index in [9.17, 15) is 24.6 Å². The zero-order valence-electron chi connectivity index (χ0n) is 18.9. The maximum absolute atomic E-state index is 13.9. The number of carbonyl (C=O) groups excluding carboxylic acids is 3. The van der Waals surface area contributed by atoms with Crippen LogP contribution in [0.2, 0.25) is 0 Å². The topological polar surface area (TPSA) is 119 Å². The Kier molecular flexibility index (Phi) is 4.55. The molecule has 2 saturated heterocycles. The lowest BCUT2D eigenvalue weighted by molar-refractivity contribution is -0.145. The van der Waals surface area contributed by atoms with Gasteiger partial charge in [0, 0.05) is 23.3 Å². The summed E-state index contributed by atoms with van der Waals surface area (Å²) in [6.45, 7) is 1.94. The first-order chi connectivity index (χ1) is 16.3. The molecule has 4 unspecified atom stereocenters. The van der Waals surface area contributed by atoms with E-state index in [1.807, 2.05) is 25.1 Å². The van der Waals surface area contributed by atoms with Crippen molar-refractivity contribution in [2.75, 3.05) is 5.32 Å². The molecule has 8 nitrogen and oxygen atoms in total. The van der Waals surface area contributed by atoms with Gasteiger partial charge in [0.25, 0.3) is 0 Å². The normalized spacial score (nSPS) is 30.3. The molecule has 8 heteroatoms. The minimum absolute atomic E-state index is 0.109. The molecule has 3 aliphatic heterocycles. The average Bonchev–Trinajstić information content (AvgIpc) is 3.54. The van der Waals surface area contributed by atoms with E-state index in [0.29, 0.717) is 23.2 Å². The summed E-state index contributed by atoms with van der Waals surface area (Å²) in [7, 11) is 0. The summed E-state index contributed by atoms with van der Waals surface area (Å²) in [5.74, 6) is -2.79. The highest BCUT2D eigenvalue weighted by Crippen LogP contribution is 2.54. The molecule has 3 heterocycles. The molecule has 1 spiro atoms. The second kappa shape index (κ2) is 7.30. The number of hydrogen-bond acceptors (Lipinski definition) is 6. The number of nitrogens with zero attached hydrogens (tertiary/aromatic N) is 1. The van der Waals surface area contributed by atoms with Crippen molar-refractivity contribution in [2.24, 2.45) is 11.8 Å². The number of phenols is 2. The van der Waals surface area contributed by atoms with E-state index >= 15 is 0 Å². The fourth-order valence-electron chi connectivity index (χ4n) is 6.59. The molecule has 1 aliphatic carbocycles. The summed E-state index contributed by atoms with van der Waals surface area (Å²) < 4.78 is 0. The fraction of sp³-hybridized carbons (Fsp3) is 0.423. The number of anilines is 1. The summed E-state index contributed by atoms with van der Waals surface area (Å²) in [5, 5.41) is 26.1. The van der Waals surface area contributed by atoms with Crippen LogP contribution in [0, 0.1) is 18.8 Å². The molecule has 4 atom stereocenters. The highest BCUT2D eigenvalue weighted by atomic mass is 16.3. The van der Waals surface area contributed by atoms with Gasteiger partial charge in [-0.15, -0.1) is 0 Å². The van der Waals surface area contributed by atoms with E-state index in [0.717, 1.165) is 31.2 Å². The summed E-state index contributed by atoms with van der Waals surface area (Å²) in [6, 6.07) is 9.61. The number of aryl methyl sites for hydroxylation is 1. The van der Waals surface area contributed by atoms with Crippen molar-refractivity contribution in [1.29, 1.82) is 0 Å². The third-order valence-corrected chi connectivity index (χ3v) is 8.09. The van der Waals surface area contributed by atoms with Crippen LogP contribution in [0.5, 0.6) is 11.5 Å². The Morgan fingerprint density at radius 1 is 1.00 bits per heavy atom. The first-order valence-corrected chi connectivity index (χ1v) is 11.9. The summed E-state index contributed by atoms with van der Waals surface area (Å²) in [6.07, 6.45) is 3.90. The van der Waals surface area contributed by atoms with Gasteiger partial charge in [0.2, 0.25) is 17.7 Å². The molecule has 0 bridgehead atoms. The van der Waals surface area contributed by atoms with Crippen LogP contribution in [0.3, 0.4) is 0 Å². The molecule has 176 valence electrons. The monoisotopic (exact) mass is 461 g/mol. The Labute approximate surface area is 197 Å². The van der Waals surface area contributed by atoms with Crippen molar-refractivity contribution in [3.05, 3.63) is 53.1 Å². The number of nitrogens with one attached hydrogen (secondary N) is 2. The molecule has 3 amide bonds. The van der Waals surface area contributed by atoms with Crippen LogP contribution in [-0.2, 0) is 26.3 Å². The van der Waals surface area contributed by atoms with Crippen molar-refractivity contribution >= 4 is 23.4 Å². The Morgan fingerprint density at radius 2 is 1.76 bits per heavy atom. The van der Waals surface area contributed by atoms with E-state index in [1.165, 1.54) is 17.0 Å². The largest absolute Gasteiger partial charge is 0.504 e. The van der Waals surface area contributed by atoms with Gasteiger partial charge >= 0.3 is 0 Å². The van der Waals surface area contributed by atoms with Gasteiger partial charge in [-0.25, -0.2) is 0 Å². The van der Waals surface area contributed by atoms with E-state index in [1.54, 1.807) is 6.07 Å². The van der Waals surface area contributed by atoms with Gasteiger partial charge in [-0.1, -0.05) is 36.6 Å². The molecular weight excluding hydrogens is 434 g/mol. The van der Waals surface area contributed by atoms with Gasteiger partial charge in [-0.2, -0.15) is 0 Å². The van der Waals surface area contributed by atoms with Gasteiger partial charge < -0.3 is 15.5 Å². The number of amides is 3. The molecule has 2 aromatic carbocycles. The molecule has 3 fully saturated rings. The predicted molar refractivity (Wildman–Crippen MR) is 123 cm³/mol. The summed E-state index contributed by atoms with van der Waals surface area (Å²) in [5.41, 5.74) is 1.70. The lowest BCUT2D eigenvalue weighted by Gasteiger charge is -2.31. The highest BCUT2D eigenvalue weighted by Gasteiger charge is 2.70. The number of phenolic OH excluding ortho intramolecular Hbond substituents is 2. The molecule has 1 saturated carbocycles. The SMILES string of the molecule is Cc1ccc2c(c1)C1(NC(Cc3ccc(O)c(O)c3)C3C(=O)N(C4CCCC4)C(=O)C31)C(=O)N2. The zero-order valence-corrected chi connectivity index (χ0v) is 18.9. The Balaban J connectivity index is 1.47. The van der Waals surface area contributed by atoms with Crippen molar-refractivity contribution in [3.63, 3.8) is 0 Å². The molecule has 0 radical (unpaired) electrons. The van der Waals surface area contributed by atoms with E-state index in [-0.39, 0.29) is 35.3 Å². The zero-order chi connectivity index (χ0) is 23.8. The van der Waals surface area contributed by atoms with Crippen LogP contribution in [0.15, 0.2) is 36.4 Å². The Hall–Kier alpha value is -3.39. The number of fused-ring (bicyclic) bond motifs is 4. The fourth-order valence-corrected chi connectivity index (χ4v) is 6.59. The van der Waals surface area contributed by atoms with Crippen molar-refractivity contribution in [2.45, 2.75) is 56.7 Å². The van der Waals surface area contributed by atoms with Crippen molar-refractivity contribution in [1.82, 2.24) is 10.2 Å². The van der Waals surface area contributed by atoms with Crippen LogP contribution in [0.25, 0.3) is 0 Å². The number of rotatable bonds is 3. The van der Waals surface area contributed by atoms with Crippen molar-refractivity contribution < 1.29 is 24.6 Å². The second-order valence-electron chi connectivity index (χ2n) is 10.1. The van der Waals surface area contributed by atoms with Crippen LogP contribution >= 0.6 is 0 Å². The molecule has 6 rings (SSSR count). The molecule has 2 aromatic rings. The van der Waals surface area contributed by atoms with Gasteiger partial charge in [0.1, 0.15) is 5.54 Å².